The van der Waals surface area contributed by atoms with Crippen molar-refractivity contribution in [2.45, 2.75) is 13.3 Å². The summed E-state index contributed by atoms with van der Waals surface area (Å²) in [7, 11) is 3.42. The number of methoxy groups -OCH3 is 1. The van der Waals surface area contributed by atoms with E-state index in [4.69, 9.17) is 4.74 Å². The van der Waals surface area contributed by atoms with Crippen molar-refractivity contribution >= 4 is 11.5 Å². The molecule has 0 heterocycles. The van der Waals surface area contributed by atoms with Crippen LogP contribution in [0, 0.1) is 0 Å². The van der Waals surface area contributed by atoms with Crippen molar-refractivity contribution < 1.29 is 9.53 Å². The van der Waals surface area contributed by atoms with Crippen LogP contribution < -0.4 is 10.1 Å². The lowest BCUT2D eigenvalue weighted by atomic mass is 9.99. The molecule has 0 fully saturated rings. The van der Waals surface area contributed by atoms with Crippen LogP contribution >= 0.6 is 0 Å². The van der Waals surface area contributed by atoms with Gasteiger partial charge in [-0.25, -0.2) is 0 Å². The van der Waals surface area contributed by atoms with Gasteiger partial charge in [0.25, 0.3) is 0 Å². The lowest BCUT2D eigenvalue weighted by molar-refractivity contribution is 0.103. The zero-order valence-corrected chi connectivity index (χ0v) is 12.1. The van der Waals surface area contributed by atoms with Gasteiger partial charge in [0, 0.05) is 18.3 Å². The number of carbonyl (C=O) groups is 1. The molecule has 0 saturated carbocycles. The summed E-state index contributed by atoms with van der Waals surface area (Å²) in [6.45, 7) is 2.07. The normalized spacial score (nSPS) is 10.2. The third-order valence-corrected chi connectivity index (χ3v) is 3.33. The van der Waals surface area contributed by atoms with Crippen molar-refractivity contribution in [3.63, 3.8) is 0 Å². The molecule has 20 heavy (non-hydrogen) atoms. The molecular weight excluding hydrogens is 250 g/mol. The molecule has 3 nitrogen and oxygen atoms in total. The number of aryl methyl sites for hydroxylation is 1. The van der Waals surface area contributed by atoms with E-state index in [0.29, 0.717) is 16.9 Å². The third kappa shape index (κ3) is 2.82. The summed E-state index contributed by atoms with van der Waals surface area (Å²) in [6, 6.07) is 13.2. The van der Waals surface area contributed by atoms with Gasteiger partial charge in [0.2, 0.25) is 0 Å². The fourth-order valence-corrected chi connectivity index (χ4v) is 2.12. The molecule has 0 aliphatic heterocycles. The van der Waals surface area contributed by atoms with E-state index in [1.54, 1.807) is 7.11 Å². The maximum absolute atomic E-state index is 12.7. The van der Waals surface area contributed by atoms with Crippen LogP contribution in [-0.4, -0.2) is 19.9 Å². The third-order valence-electron chi connectivity index (χ3n) is 3.33. The first-order valence-electron chi connectivity index (χ1n) is 6.69. The van der Waals surface area contributed by atoms with Gasteiger partial charge in [0.05, 0.1) is 12.7 Å². The molecular formula is C17H19NO2. The van der Waals surface area contributed by atoms with E-state index in [1.807, 2.05) is 49.5 Å². The fraction of sp³-hybridized carbons (Fsp3) is 0.235. The summed E-state index contributed by atoms with van der Waals surface area (Å²) in [5, 5.41) is 3.04. The van der Waals surface area contributed by atoms with Crippen molar-refractivity contribution in [1.29, 1.82) is 0 Å². The zero-order valence-electron chi connectivity index (χ0n) is 12.1. The number of rotatable bonds is 5. The van der Waals surface area contributed by atoms with Crippen molar-refractivity contribution in [2.24, 2.45) is 0 Å². The Balaban J connectivity index is 2.46. The molecule has 0 radical (unpaired) electrons. The van der Waals surface area contributed by atoms with Gasteiger partial charge < -0.3 is 10.1 Å². The summed E-state index contributed by atoms with van der Waals surface area (Å²) in [5.41, 5.74) is 3.31. The van der Waals surface area contributed by atoms with Crippen molar-refractivity contribution in [2.75, 3.05) is 19.5 Å². The molecule has 2 rings (SSSR count). The highest BCUT2D eigenvalue weighted by atomic mass is 16.5. The summed E-state index contributed by atoms with van der Waals surface area (Å²) >= 11 is 0. The molecule has 0 atom stereocenters. The van der Waals surface area contributed by atoms with Crippen LogP contribution in [0.3, 0.4) is 0 Å². The van der Waals surface area contributed by atoms with Gasteiger partial charge in [-0.05, 0) is 36.2 Å². The first kappa shape index (κ1) is 14.1. The Bertz CT molecular complexity index is 620. The van der Waals surface area contributed by atoms with Gasteiger partial charge in [0.15, 0.2) is 5.78 Å². The number of hydrogen-bond donors (Lipinski definition) is 1. The van der Waals surface area contributed by atoms with E-state index in [-0.39, 0.29) is 5.78 Å². The first-order valence-corrected chi connectivity index (χ1v) is 6.69. The monoisotopic (exact) mass is 269 g/mol. The number of hydrogen-bond acceptors (Lipinski definition) is 3. The van der Waals surface area contributed by atoms with Crippen LogP contribution in [0.15, 0.2) is 42.5 Å². The van der Waals surface area contributed by atoms with Crippen LogP contribution in [0.4, 0.5) is 5.69 Å². The van der Waals surface area contributed by atoms with Crippen molar-refractivity contribution in [3.8, 4) is 5.75 Å². The van der Waals surface area contributed by atoms with Crippen LogP contribution in [0.1, 0.15) is 28.4 Å². The fourth-order valence-electron chi connectivity index (χ4n) is 2.12. The van der Waals surface area contributed by atoms with E-state index in [2.05, 4.69) is 12.2 Å². The van der Waals surface area contributed by atoms with E-state index in [0.717, 1.165) is 17.7 Å². The number of benzene rings is 2. The molecule has 0 aliphatic carbocycles. The largest absolute Gasteiger partial charge is 0.496 e. The molecule has 0 aromatic heterocycles. The van der Waals surface area contributed by atoms with Gasteiger partial charge in [0.1, 0.15) is 5.75 Å². The molecule has 1 N–H and O–H groups in total. The molecule has 0 bridgehead atoms. The lowest BCUT2D eigenvalue weighted by Gasteiger charge is -2.10. The van der Waals surface area contributed by atoms with E-state index in [9.17, 15) is 4.79 Å². The van der Waals surface area contributed by atoms with Crippen LogP contribution in [0.25, 0.3) is 0 Å². The molecule has 2 aromatic carbocycles. The second kappa shape index (κ2) is 6.24. The van der Waals surface area contributed by atoms with Crippen molar-refractivity contribution in [3.05, 3.63) is 59.2 Å². The summed E-state index contributed by atoms with van der Waals surface area (Å²) in [5.74, 6) is 0.594. The highest BCUT2D eigenvalue weighted by Crippen LogP contribution is 2.24. The summed E-state index contributed by atoms with van der Waals surface area (Å²) in [6.07, 6.45) is 0.890. The number of ether oxygens (including phenoxy) is 1. The Morgan fingerprint density at radius 1 is 1.20 bits per heavy atom. The number of ketones is 1. The van der Waals surface area contributed by atoms with Crippen LogP contribution in [0.2, 0.25) is 0 Å². The smallest absolute Gasteiger partial charge is 0.196 e. The first-order chi connectivity index (χ1) is 9.69. The second-order valence-corrected chi connectivity index (χ2v) is 4.55. The summed E-state index contributed by atoms with van der Waals surface area (Å²) in [4.78, 5) is 12.7. The molecule has 104 valence electrons. The molecule has 0 aliphatic rings. The molecule has 3 heteroatoms. The molecule has 2 aromatic rings. The Kier molecular flexibility index (Phi) is 4.41. The second-order valence-electron chi connectivity index (χ2n) is 4.55. The number of carbonyl (C=O) groups excluding carboxylic acids is 1. The van der Waals surface area contributed by atoms with Crippen LogP contribution in [0.5, 0.6) is 5.75 Å². The van der Waals surface area contributed by atoms with Gasteiger partial charge in [-0.15, -0.1) is 0 Å². The van der Waals surface area contributed by atoms with Crippen molar-refractivity contribution in [1.82, 2.24) is 0 Å². The molecule has 0 unspecified atom stereocenters. The number of anilines is 1. The maximum Gasteiger partial charge on any atom is 0.196 e. The van der Waals surface area contributed by atoms with Gasteiger partial charge in [-0.3, -0.25) is 4.79 Å². The zero-order chi connectivity index (χ0) is 14.5. The topological polar surface area (TPSA) is 38.3 Å². The van der Waals surface area contributed by atoms with E-state index in [1.165, 1.54) is 0 Å². The Morgan fingerprint density at radius 3 is 2.65 bits per heavy atom. The summed E-state index contributed by atoms with van der Waals surface area (Å²) < 4.78 is 5.31. The Morgan fingerprint density at radius 2 is 2.00 bits per heavy atom. The maximum atomic E-state index is 12.7. The minimum atomic E-state index is -0.0192. The highest BCUT2D eigenvalue weighted by molar-refractivity contribution is 6.11. The average Bonchev–Trinajstić information content (AvgIpc) is 2.53. The quantitative estimate of drug-likeness (QED) is 0.844. The standard InChI is InChI=1S/C17H19NO2/c1-4-12-8-9-16(20-3)15(10-12)17(19)13-6-5-7-14(11-13)18-2/h5-11,18H,4H2,1-3H3. The Hall–Kier alpha value is -2.29. The van der Waals surface area contributed by atoms with E-state index >= 15 is 0 Å². The predicted molar refractivity (Wildman–Crippen MR) is 81.8 cm³/mol. The molecule has 0 amide bonds. The van der Waals surface area contributed by atoms with Gasteiger partial charge in [-0.2, -0.15) is 0 Å². The lowest BCUT2D eigenvalue weighted by Crippen LogP contribution is -2.05. The predicted octanol–water partition coefficient (Wildman–Crippen LogP) is 3.53. The SMILES string of the molecule is CCc1ccc(OC)c(C(=O)c2cccc(NC)c2)c1. The minimum absolute atomic E-state index is 0.0192. The van der Waals surface area contributed by atoms with Gasteiger partial charge in [-0.1, -0.05) is 25.1 Å². The highest BCUT2D eigenvalue weighted by Gasteiger charge is 2.15. The Labute approximate surface area is 119 Å². The average molecular weight is 269 g/mol. The molecule has 0 saturated heterocycles. The van der Waals surface area contributed by atoms with Crippen LogP contribution in [-0.2, 0) is 6.42 Å². The minimum Gasteiger partial charge on any atom is -0.496 e. The van der Waals surface area contributed by atoms with Gasteiger partial charge >= 0.3 is 0 Å². The van der Waals surface area contributed by atoms with E-state index < -0.39 is 0 Å². The number of nitrogens with one attached hydrogen (secondary N) is 1. The molecule has 0 spiro atoms.